The van der Waals surface area contributed by atoms with Crippen LogP contribution in [0.1, 0.15) is 29.7 Å². The monoisotopic (exact) mass is 257 g/mol. The summed E-state index contributed by atoms with van der Waals surface area (Å²) >= 11 is 0. The molecular weight excluding hydrogens is 238 g/mol. The minimum absolute atomic E-state index is 0.486. The number of aryl methyl sites for hydroxylation is 1. The van der Waals surface area contributed by atoms with E-state index < -0.39 is 0 Å². The normalized spacial score (nSPS) is 14.6. The number of furan rings is 1. The predicted molar refractivity (Wildman–Crippen MR) is 74.1 cm³/mol. The topological polar surface area (TPSA) is 34.4 Å². The van der Waals surface area contributed by atoms with Gasteiger partial charge < -0.3 is 14.5 Å². The highest BCUT2D eigenvalue weighted by atomic mass is 16.5. The molecule has 1 aromatic carbocycles. The quantitative estimate of drug-likeness (QED) is 0.861. The maximum absolute atomic E-state index is 5.82. The molecule has 1 aliphatic carbocycles. The summed E-state index contributed by atoms with van der Waals surface area (Å²) < 4.78 is 11.3. The molecule has 0 atom stereocenters. The Balaban J connectivity index is 1.60. The molecule has 1 heterocycles. The van der Waals surface area contributed by atoms with E-state index in [0.29, 0.717) is 12.6 Å². The van der Waals surface area contributed by atoms with Crippen LogP contribution in [-0.4, -0.2) is 6.04 Å². The van der Waals surface area contributed by atoms with E-state index in [9.17, 15) is 0 Å². The molecule has 0 radical (unpaired) electrons. The lowest BCUT2D eigenvalue weighted by molar-refractivity contribution is 0.266. The molecule has 2 aromatic rings. The highest BCUT2D eigenvalue weighted by molar-refractivity contribution is 5.32. The molecule has 3 nitrogen and oxygen atoms in total. The van der Waals surface area contributed by atoms with Crippen LogP contribution in [0.5, 0.6) is 5.75 Å². The van der Waals surface area contributed by atoms with E-state index in [0.717, 1.165) is 23.6 Å². The molecule has 0 unspecified atom stereocenters. The summed E-state index contributed by atoms with van der Waals surface area (Å²) in [5.41, 5.74) is 2.34. The second-order valence-electron chi connectivity index (χ2n) is 5.08. The van der Waals surface area contributed by atoms with Gasteiger partial charge in [-0.2, -0.15) is 0 Å². The second-order valence-corrected chi connectivity index (χ2v) is 5.08. The van der Waals surface area contributed by atoms with E-state index in [-0.39, 0.29) is 0 Å². The Labute approximate surface area is 113 Å². The Bertz CT molecular complexity index is 543. The number of hydrogen-bond donors (Lipinski definition) is 1. The van der Waals surface area contributed by atoms with Crippen LogP contribution in [0.3, 0.4) is 0 Å². The summed E-state index contributed by atoms with van der Waals surface area (Å²) in [6.45, 7) is 3.40. The van der Waals surface area contributed by atoms with Crippen molar-refractivity contribution in [3.63, 3.8) is 0 Å². The van der Waals surface area contributed by atoms with Gasteiger partial charge in [0.2, 0.25) is 0 Å². The maximum atomic E-state index is 5.82. The van der Waals surface area contributed by atoms with Gasteiger partial charge in [0.05, 0.1) is 6.26 Å². The van der Waals surface area contributed by atoms with Crippen LogP contribution in [0.15, 0.2) is 41.0 Å². The van der Waals surface area contributed by atoms with Gasteiger partial charge in [0.25, 0.3) is 0 Å². The first kappa shape index (κ1) is 12.3. The van der Waals surface area contributed by atoms with Crippen molar-refractivity contribution in [2.75, 3.05) is 0 Å². The smallest absolute Gasteiger partial charge is 0.146 e. The molecule has 100 valence electrons. The molecular formula is C16H19NO2. The van der Waals surface area contributed by atoms with Crippen molar-refractivity contribution in [3.05, 3.63) is 53.5 Å². The Morgan fingerprint density at radius 3 is 2.89 bits per heavy atom. The molecule has 3 rings (SSSR count). The molecule has 0 saturated heterocycles. The van der Waals surface area contributed by atoms with Crippen LogP contribution in [0.25, 0.3) is 0 Å². The Morgan fingerprint density at radius 2 is 2.11 bits per heavy atom. The standard InChI is InChI=1S/C16H19NO2/c1-12-4-2-3-5-15(12)19-11-16-13(8-9-18-16)10-17-14-6-7-14/h2-5,8-9,14,17H,6-7,10-11H2,1H3. The molecule has 1 aliphatic rings. The third kappa shape index (κ3) is 3.18. The van der Waals surface area contributed by atoms with E-state index in [1.54, 1.807) is 6.26 Å². The van der Waals surface area contributed by atoms with Gasteiger partial charge in [-0.05, 0) is 37.5 Å². The fourth-order valence-corrected chi connectivity index (χ4v) is 2.05. The lowest BCUT2D eigenvalue weighted by atomic mass is 10.2. The molecule has 3 heteroatoms. The first-order valence-electron chi connectivity index (χ1n) is 6.80. The Hall–Kier alpha value is -1.74. The molecule has 1 N–H and O–H groups in total. The first-order valence-corrected chi connectivity index (χ1v) is 6.80. The van der Waals surface area contributed by atoms with E-state index in [1.165, 1.54) is 18.4 Å². The van der Waals surface area contributed by atoms with Gasteiger partial charge in [-0.15, -0.1) is 0 Å². The van der Waals surface area contributed by atoms with Gasteiger partial charge >= 0.3 is 0 Å². The highest BCUT2D eigenvalue weighted by Gasteiger charge is 2.21. The summed E-state index contributed by atoms with van der Waals surface area (Å²) in [6, 6.07) is 10.8. The summed E-state index contributed by atoms with van der Waals surface area (Å²) in [5, 5.41) is 3.49. The maximum Gasteiger partial charge on any atom is 0.146 e. The van der Waals surface area contributed by atoms with Gasteiger partial charge in [-0.3, -0.25) is 0 Å². The molecule has 1 fully saturated rings. The van der Waals surface area contributed by atoms with Gasteiger partial charge in [-0.1, -0.05) is 18.2 Å². The molecule has 1 saturated carbocycles. The van der Waals surface area contributed by atoms with Gasteiger partial charge in [0.1, 0.15) is 18.1 Å². The van der Waals surface area contributed by atoms with Crippen molar-refractivity contribution in [2.45, 2.75) is 39.0 Å². The summed E-state index contributed by atoms with van der Waals surface area (Å²) in [6.07, 6.45) is 4.33. The van der Waals surface area contributed by atoms with E-state index in [4.69, 9.17) is 9.15 Å². The fourth-order valence-electron chi connectivity index (χ4n) is 2.05. The van der Waals surface area contributed by atoms with Crippen molar-refractivity contribution < 1.29 is 9.15 Å². The van der Waals surface area contributed by atoms with Gasteiger partial charge in [0, 0.05) is 18.2 Å². The van der Waals surface area contributed by atoms with Crippen molar-refractivity contribution in [3.8, 4) is 5.75 Å². The number of para-hydroxylation sites is 1. The lowest BCUT2D eigenvalue weighted by Gasteiger charge is -2.09. The Kier molecular flexibility index (Phi) is 3.56. The summed E-state index contributed by atoms with van der Waals surface area (Å²) in [7, 11) is 0. The molecule has 0 aliphatic heterocycles. The van der Waals surface area contributed by atoms with E-state index in [1.807, 2.05) is 37.3 Å². The van der Waals surface area contributed by atoms with Crippen LogP contribution in [0, 0.1) is 6.92 Å². The van der Waals surface area contributed by atoms with Crippen LogP contribution >= 0.6 is 0 Å². The zero-order valence-electron chi connectivity index (χ0n) is 11.2. The van der Waals surface area contributed by atoms with Crippen molar-refractivity contribution in [1.82, 2.24) is 5.32 Å². The van der Waals surface area contributed by atoms with Crippen molar-refractivity contribution in [1.29, 1.82) is 0 Å². The molecule has 19 heavy (non-hydrogen) atoms. The molecule has 0 bridgehead atoms. The minimum atomic E-state index is 0.486. The number of benzene rings is 1. The largest absolute Gasteiger partial charge is 0.485 e. The third-order valence-electron chi connectivity index (χ3n) is 3.45. The zero-order chi connectivity index (χ0) is 13.1. The van der Waals surface area contributed by atoms with Gasteiger partial charge in [0.15, 0.2) is 0 Å². The Morgan fingerprint density at radius 1 is 1.26 bits per heavy atom. The summed E-state index contributed by atoms with van der Waals surface area (Å²) in [4.78, 5) is 0. The summed E-state index contributed by atoms with van der Waals surface area (Å²) in [5.74, 6) is 1.83. The van der Waals surface area contributed by atoms with Crippen LogP contribution in [0.4, 0.5) is 0 Å². The average molecular weight is 257 g/mol. The second kappa shape index (κ2) is 5.49. The number of ether oxygens (including phenoxy) is 1. The SMILES string of the molecule is Cc1ccccc1OCc1occc1CNC1CC1. The van der Waals surface area contributed by atoms with Crippen molar-refractivity contribution in [2.24, 2.45) is 0 Å². The lowest BCUT2D eigenvalue weighted by Crippen LogP contribution is -2.16. The zero-order valence-corrected chi connectivity index (χ0v) is 11.2. The molecule has 0 amide bonds. The first-order chi connectivity index (χ1) is 9.33. The van der Waals surface area contributed by atoms with E-state index in [2.05, 4.69) is 5.32 Å². The van der Waals surface area contributed by atoms with Crippen LogP contribution in [-0.2, 0) is 13.2 Å². The van der Waals surface area contributed by atoms with Gasteiger partial charge in [-0.25, -0.2) is 0 Å². The number of rotatable bonds is 6. The molecule has 0 spiro atoms. The average Bonchev–Trinajstić information content (AvgIpc) is 3.14. The van der Waals surface area contributed by atoms with Crippen LogP contribution < -0.4 is 10.1 Å². The minimum Gasteiger partial charge on any atom is -0.485 e. The fraction of sp³-hybridized carbons (Fsp3) is 0.375. The third-order valence-corrected chi connectivity index (χ3v) is 3.45. The van der Waals surface area contributed by atoms with Crippen molar-refractivity contribution >= 4 is 0 Å². The van der Waals surface area contributed by atoms with E-state index >= 15 is 0 Å². The highest BCUT2D eigenvalue weighted by Crippen LogP contribution is 2.22. The van der Waals surface area contributed by atoms with Crippen LogP contribution in [0.2, 0.25) is 0 Å². The number of nitrogens with one attached hydrogen (secondary N) is 1. The number of hydrogen-bond acceptors (Lipinski definition) is 3. The molecule has 1 aromatic heterocycles. The predicted octanol–water partition coefficient (Wildman–Crippen LogP) is 3.42.